The maximum absolute atomic E-state index is 12.0. The molecule has 0 spiro atoms. The number of fused-ring (bicyclic) bond motifs is 3. The van der Waals surface area contributed by atoms with Gasteiger partial charge in [0.25, 0.3) is 5.91 Å². The van der Waals surface area contributed by atoms with Crippen LogP contribution in [-0.2, 0) is 0 Å². The van der Waals surface area contributed by atoms with Crippen LogP contribution in [0.3, 0.4) is 0 Å². The highest BCUT2D eigenvalue weighted by Crippen LogP contribution is 2.26. The number of nitrogens with zero attached hydrogens (tertiary/aromatic N) is 1. The van der Waals surface area contributed by atoms with Crippen molar-refractivity contribution in [2.75, 3.05) is 0 Å². The Balaban J connectivity index is 1.61. The molecular formula is C20H15N3O2. The lowest BCUT2D eigenvalue weighted by Crippen LogP contribution is -2.17. The number of hydrogen-bond acceptors (Lipinski definition) is 3. The van der Waals surface area contributed by atoms with Gasteiger partial charge < -0.3 is 10.1 Å². The molecule has 0 atom stereocenters. The number of hydrogen-bond donors (Lipinski definition) is 3. The summed E-state index contributed by atoms with van der Waals surface area (Å²) in [6, 6.07) is 18.6. The van der Waals surface area contributed by atoms with Crippen molar-refractivity contribution in [3.05, 3.63) is 78.0 Å². The summed E-state index contributed by atoms with van der Waals surface area (Å²) < 4.78 is 0. The number of phenols is 1. The van der Waals surface area contributed by atoms with Crippen LogP contribution in [0.15, 0.2) is 72.0 Å². The van der Waals surface area contributed by atoms with Gasteiger partial charge in [0.05, 0.1) is 17.3 Å². The number of nitrogens with one attached hydrogen (secondary N) is 2. The molecular weight excluding hydrogens is 314 g/mol. The number of hydrazone groups is 1. The third-order valence-corrected chi connectivity index (χ3v) is 4.13. The Morgan fingerprint density at radius 3 is 2.68 bits per heavy atom. The summed E-state index contributed by atoms with van der Waals surface area (Å²) in [7, 11) is 0. The molecule has 4 rings (SSSR count). The van der Waals surface area contributed by atoms with E-state index in [-0.39, 0.29) is 11.3 Å². The van der Waals surface area contributed by atoms with Crippen LogP contribution in [0.2, 0.25) is 0 Å². The number of aromatic hydroxyl groups is 1. The van der Waals surface area contributed by atoms with Gasteiger partial charge in [0, 0.05) is 22.5 Å². The van der Waals surface area contributed by atoms with E-state index in [1.807, 2.05) is 24.4 Å². The third kappa shape index (κ3) is 2.72. The smallest absolute Gasteiger partial charge is 0.275 e. The van der Waals surface area contributed by atoms with Crippen LogP contribution in [0.4, 0.5) is 0 Å². The zero-order chi connectivity index (χ0) is 17.2. The number of carbonyl (C=O) groups is 1. The molecule has 0 fully saturated rings. The van der Waals surface area contributed by atoms with Crippen LogP contribution >= 0.6 is 0 Å². The number of rotatable bonds is 3. The third-order valence-electron chi connectivity index (χ3n) is 4.13. The van der Waals surface area contributed by atoms with Crippen LogP contribution in [0, 0.1) is 0 Å². The maximum Gasteiger partial charge on any atom is 0.275 e. The minimum absolute atomic E-state index is 0.0752. The van der Waals surface area contributed by atoms with Gasteiger partial charge >= 0.3 is 0 Å². The molecule has 0 unspecified atom stereocenters. The van der Waals surface area contributed by atoms with E-state index in [4.69, 9.17) is 0 Å². The molecule has 25 heavy (non-hydrogen) atoms. The average molecular weight is 329 g/mol. The first-order valence-electron chi connectivity index (χ1n) is 7.84. The number of para-hydroxylation sites is 1. The Morgan fingerprint density at radius 1 is 1.00 bits per heavy atom. The predicted molar refractivity (Wildman–Crippen MR) is 99.0 cm³/mol. The first-order valence-corrected chi connectivity index (χ1v) is 7.84. The predicted octanol–water partition coefficient (Wildman–Crippen LogP) is 3.79. The monoisotopic (exact) mass is 329 g/mol. The van der Waals surface area contributed by atoms with Gasteiger partial charge in [0.15, 0.2) is 0 Å². The van der Waals surface area contributed by atoms with Gasteiger partial charge in [-0.25, -0.2) is 5.43 Å². The lowest BCUT2D eigenvalue weighted by molar-refractivity contribution is 0.0952. The minimum Gasteiger partial charge on any atom is -0.507 e. The molecule has 0 aliphatic heterocycles. The van der Waals surface area contributed by atoms with Crippen molar-refractivity contribution < 1.29 is 9.90 Å². The summed E-state index contributed by atoms with van der Waals surface area (Å²) in [6.45, 7) is 0. The molecule has 122 valence electrons. The van der Waals surface area contributed by atoms with Gasteiger partial charge in [-0.05, 0) is 17.5 Å². The Bertz CT molecular complexity index is 1110. The minimum atomic E-state index is -0.459. The number of aromatic nitrogens is 1. The molecule has 4 aromatic rings. The summed E-state index contributed by atoms with van der Waals surface area (Å²) in [5.74, 6) is -0.534. The maximum atomic E-state index is 12.0. The number of carbonyl (C=O) groups excluding carboxylic acids is 1. The topological polar surface area (TPSA) is 77.5 Å². The Hall–Kier alpha value is -3.60. The second-order valence-electron chi connectivity index (χ2n) is 5.67. The number of benzene rings is 3. The zero-order valence-electron chi connectivity index (χ0n) is 13.2. The van der Waals surface area contributed by atoms with Crippen LogP contribution in [0.1, 0.15) is 15.9 Å². The van der Waals surface area contributed by atoms with Crippen molar-refractivity contribution >= 4 is 33.8 Å². The van der Waals surface area contributed by atoms with Crippen molar-refractivity contribution in [3.63, 3.8) is 0 Å². The van der Waals surface area contributed by atoms with Crippen molar-refractivity contribution in [1.82, 2.24) is 10.4 Å². The molecule has 0 radical (unpaired) electrons. The fourth-order valence-corrected chi connectivity index (χ4v) is 2.89. The number of amides is 1. The highest BCUT2D eigenvalue weighted by atomic mass is 16.3. The Labute approximate surface area is 143 Å². The second kappa shape index (κ2) is 6.13. The molecule has 3 aromatic carbocycles. The van der Waals surface area contributed by atoms with Crippen molar-refractivity contribution in [1.29, 1.82) is 0 Å². The lowest BCUT2D eigenvalue weighted by atomic mass is 10.1. The summed E-state index contributed by atoms with van der Waals surface area (Å²) in [6.07, 6.45) is 3.44. The van der Waals surface area contributed by atoms with E-state index in [0.717, 1.165) is 27.2 Å². The molecule has 3 N–H and O–H groups in total. The van der Waals surface area contributed by atoms with E-state index < -0.39 is 5.91 Å². The van der Waals surface area contributed by atoms with Gasteiger partial charge in [-0.1, -0.05) is 48.5 Å². The highest BCUT2D eigenvalue weighted by Gasteiger charge is 2.09. The summed E-state index contributed by atoms with van der Waals surface area (Å²) in [4.78, 5) is 15.3. The first kappa shape index (κ1) is 15.0. The molecule has 1 amide bonds. The molecule has 0 aliphatic carbocycles. The van der Waals surface area contributed by atoms with Crippen molar-refractivity contribution in [2.45, 2.75) is 0 Å². The molecule has 0 aliphatic rings. The Kier molecular flexibility index (Phi) is 3.67. The van der Waals surface area contributed by atoms with Crippen LogP contribution in [-0.4, -0.2) is 22.2 Å². The molecule has 5 nitrogen and oxygen atoms in total. The number of aromatic amines is 1. The van der Waals surface area contributed by atoms with Gasteiger partial charge in [0.2, 0.25) is 0 Å². The summed E-state index contributed by atoms with van der Waals surface area (Å²) in [5.41, 5.74) is 4.53. The van der Waals surface area contributed by atoms with E-state index in [1.165, 1.54) is 12.1 Å². The molecule has 1 heterocycles. The highest BCUT2D eigenvalue weighted by molar-refractivity contribution is 6.11. The van der Waals surface area contributed by atoms with E-state index in [0.29, 0.717) is 0 Å². The van der Waals surface area contributed by atoms with Gasteiger partial charge in [-0.15, -0.1) is 0 Å². The average Bonchev–Trinajstić information content (AvgIpc) is 3.05. The Morgan fingerprint density at radius 2 is 1.80 bits per heavy atom. The molecule has 1 aromatic heterocycles. The van der Waals surface area contributed by atoms with E-state index >= 15 is 0 Å². The molecule has 0 saturated carbocycles. The second-order valence-corrected chi connectivity index (χ2v) is 5.67. The largest absolute Gasteiger partial charge is 0.507 e. The van der Waals surface area contributed by atoms with Crippen LogP contribution in [0.5, 0.6) is 5.75 Å². The fraction of sp³-hybridized carbons (Fsp3) is 0. The van der Waals surface area contributed by atoms with Gasteiger partial charge in [-0.3, -0.25) is 4.79 Å². The fourth-order valence-electron chi connectivity index (χ4n) is 2.89. The van der Waals surface area contributed by atoms with E-state index in [9.17, 15) is 9.90 Å². The van der Waals surface area contributed by atoms with Gasteiger partial charge in [-0.2, -0.15) is 5.10 Å². The van der Waals surface area contributed by atoms with Gasteiger partial charge in [0.1, 0.15) is 5.75 Å². The number of H-pyrrole nitrogens is 1. The lowest BCUT2D eigenvalue weighted by Gasteiger charge is -2.02. The van der Waals surface area contributed by atoms with Crippen molar-refractivity contribution in [3.8, 4) is 5.75 Å². The SMILES string of the molecule is O=C(N/N=C/c1c[nH]c2c1ccc1ccccc12)c1ccccc1O. The normalized spacial score (nSPS) is 11.4. The summed E-state index contributed by atoms with van der Waals surface area (Å²) >= 11 is 0. The molecule has 0 bridgehead atoms. The van der Waals surface area contributed by atoms with E-state index in [2.05, 4.69) is 33.7 Å². The number of phenolic OH excluding ortho intramolecular Hbond substituents is 1. The van der Waals surface area contributed by atoms with Crippen molar-refractivity contribution in [2.24, 2.45) is 5.10 Å². The van der Waals surface area contributed by atoms with Crippen LogP contribution < -0.4 is 5.43 Å². The molecule has 0 saturated heterocycles. The standard InChI is InChI=1S/C20H15N3O2/c24-18-8-4-3-7-17(18)20(25)23-22-12-14-11-21-19-15-6-2-1-5-13(15)9-10-16(14)19/h1-12,21,24H,(H,23,25)/b22-12+. The quantitative estimate of drug-likeness (QED) is 0.395. The first-order chi connectivity index (χ1) is 12.2. The zero-order valence-corrected chi connectivity index (χ0v) is 13.2. The molecule has 5 heteroatoms. The van der Waals surface area contributed by atoms with Crippen LogP contribution in [0.25, 0.3) is 21.7 Å². The van der Waals surface area contributed by atoms with E-state index in [1.54, 1.807) is 18.3 Å². The summed E-state index contributed by atoms with van der Waals surface area (Å²) in [5, 5.41) is 17.0.